The van der Waals surface area contributed by atoms with Gasteiger partial charge in [0.05, 0.1) is 12.2 Å². The third-order valence-corrected chi connectivity index (χ3v) is 2.98. The van der Waals surface area contributed by atoms with Gasteiger partial charge in [0, 0.05) is 0 Å². The van der Waals surface area contributed by atoms with Gasteiger partial charge in [-0.25, -0.2) is 0 Å². The van der Waals surface area contributed by atoms with Crippen molar-refractivity contribution in [3.63, 3.8) is 0 Å². The molecule has 16 heavy (non-hydrogen) atoms. The molecule has 1 aromatic carbocycles. The van der Waals surface area contributed by atoms with E-state index in [1.54, 1.807) is 0 Å². The standard InChI is InChI=1S/C14H16O2/c1-2-13(11-7-4-3-5-8-11)16-14-10-6-9-12(14)15/h1,3-5,7-8,12-15H,6,9-10H2/t12-,13-,14+/m1/s1. The van der Waals surface area contributed by atoms with Crippen LogP contribution < -0.4 is 0 Å². The first-order valence-corrected chi connectivity index (χ1v) is 5.66. The van der Waals surface area contributed by atoms with Gasteiger partial charge in [0.15, 0.2) is 0 Å². The zero-order valence-electron chi connectivity index (χ0n) is 9.17. The van der Waals surface area contributed by atoms with Gasteiger partial charge >= 0.3 is 0 Å². The summed E-state index contributed by atoms with van der Waals surface area (Å²) >= 11 is 0. The summed E-state index contributed by atoms with van der Waals surface area (Å²) in [6, 6.07) is 9.72. The highest BCUT2D eigenvalue weighted by atomic mass is 16.5. The lowest BCUT2D eigenvalue weighted by Crippen LogP contribution is -2.24. The normalized spacial score (nSPS) is 26.2. The summed E-state index contributed by atoms with van der Waals surface area (Å²) < 4.78 is 5.77. The number of rotatable bonds is 3. The van der Waals surface area contributed by atoms with Crippen LogP contribution in [0.5, 0.6) is 0 Å². The second-order valence-corrected chi connectivity index (χ2v) is 4.13. The van der Waals surface area contributed by atoms with Crippen molar-refractivity contribution in [3.05, 3.63) is 35.9 Å². The summed E-state index contributed by atoms with van der Waals surface area (Å²) in [7, 11) is 0. The smallest absolute Gasteiger partial charge is 0.143 e. The fourth-order valence-corrected chi connectivity index (χ4v) is 2.08. The summed E-state index contributed by atoms with van der Waals surface area (Å²) in [5, 5.41) is 9.69. The van der Waals surface area contributed by atoms with E-state index in [1.807, 2.05) is 30.3 Å². The van der Waals surface area contributed by atoms with Gasteiger partial charge in [0.25, 0.3) is 0 Å². The van der Waals surface area contributed by atoms with Crippen molar-refractivity contribution < 1.29 is 9.84 Å². The Balaban J connectivity index is 2.04. The topological polar surface area (TPSA) is 29.5 Å². The number of hydrogen-bond donors (Lipinski definition) is 1. The van der Waals surface area contributed by atoms with Gasteiger partial charge in [-0.2, -0.15) is 0 Å². The largest absolute Gasteiger partial charge is 0.390 e. The molecule has 1 saturated carbocycles. The lowest BCUT2D eigenvalue weighted by Gasteiger charge is -2.20. The second-order valence-electron chi connectivity index (χ2n) is 4.13. The highest BCUT2D eigenvalue weighted by Gasteiger charge is 2.28. The van der Waals surface area contributed by atoms with Gasteiger partial charge < -0.3 is 9.84 Å². The van der Waals surface area contributed by atoms with Crippen molar-refractivity contribution in [1.29, 1.82) is 0 Å². The van der Waals surface area contributed by atoms with Crippen LogP contribution in [0, 0.1) is 12.3 Å². The van der Waals surface area contributed by atoms with Gasteiger partial charge in [-0.3, -0.25) is 0 Å². The number of aliphatic hydroxyl groups is 1. The molecule has 0 radical (unpaired) electrons. The average molecular weight is 216 g/mol. The number of ether oxygens (including phenoxy) is 1. The molecule has 0 saturated heterocycles. The van der Waals surface area contributed by atoms with E-state index in [9.17, 15) is 5.11 Å². The Labute approximate surface area is 96.3 Å². The van der Waals surface area contributed by atoms with E-state index in [-0.39, 0.29) is 18.3 Å². The van der Waals surface area contributed by atoms with Crippen LogP contribution in [0.3, 0.4) is 0 Å². The van der Waals surface area contributed by atoms with E-state index in [1.165, 1.54) is 0 Å². The summed E-state index contributed by atoms with van der Waals surface area (Å²) in [4.78, 5) is 0. The molecule has 0 spiro atoms. The van der Waals surface area contributed by atoms with Crippen molar-refractivity contribution in [2.24, 2.45) is 0 Å². The Morgan fingerprint density at radius 1 is 1.31 bits per heavy atom. The molecule has 1 N–H and O–H groups in total. The van der Waals surface area contributed by atoms with E-state index < -0.39 is 0 Å². The molecule has 0 bridgehead atoms. The van der Waals surface area contributed by atoms with Gasteiger partial charge in [-0.1, -0.05) is 36.3 Å². The predicted octanol–water partition coefficient (Wildman–Crippen LogP) is 2.29. The summed E-state index contributed by atoms with van der Waals surface area (Å²) in [6.07, 6.45) is 7.38. The first kappa shape index (κ1) is 11.2. The van der Waals surface area contributed by atoms with Gasteiger partial charge in [0.2, 0.25) is 0 Å². The summed E-state index contributed by atoms with van der Waals surface area (Å²) in [5.41, 5.74) is 0.976. The maximum Gasteiger partial charge on any atom is 0.143 e. The van der Waals surface area contributed by atoms with Crippen molar-refractivity contribution >= 4 is 0 Å². The maximum atomic E-state index is 9.69. The molecule has 0 aliphatic heterocycles. The van der Waals surface area contributed by atoms with E-state index in [0.717, 1.165) is 24.8 Å². The molecule has 2 nitrogen and oxygen atoms in total. The Kier molecular flexibility index (Phi) is 3.61. The van der Waals surface area contributed by atoms with Crippen molar-refractivity contribution in [1.82, 2.24) is 0 Å². The molecule has 2 rings (SSSR count). The van der Waals surface area contributed by atoms with Crippen LogP contribution in [-0.2, 0) is 4.74 Å². The third-order valence-electron chi connectivity index (χ3n) is 2.98. The molecule has 0 unspecified atom stereocenters. The van der Waals surface area contributed by atoms with Crippen LogP contribution in [0.25, 0.3) is 0 Å². The van der Waals surface area contributed by atoms with Crippen LogP contribution >= 0.6 is 0 Å². The molecule has 0 heterocycles. The number of hydrogen-bond acceptors (Lipinski definition) is 2. The molecule has 2 heteroatoms. The average Bonchev–Trinajstić information content (AvgIpc) is 2.73. The molecule has 1 aliphatic carbocycles. The molecule has 0 aromatic heterocycles. The first-order valence-electron chi connectivity index (χ1n) is 5.66. The third kappa shape index (κ3) is 2.44. The predicted molar refractivity (Wildman–Crippen MR) is 62.7 cm³/mol. The molecule has 3 atom stereocenters. The monoisotopic (exact) mass is 216 g/mol. The highest BCUT2D eigenvalue weighted by Crippen LogP contribution is 2.27. The van der Waals surface area contributed by atoms with Crippen molar-refractivity contribution in [2.45, 2.75) is 37.6 Å². The van der Waals surface area contributed by atoms with E-state index in [2.05, 4.69) is 5.92 Å². The number of terminal acetylenes is 1. The summed E-state index contributed by atoms with van der Waals surface area (Å²) in [5.74, 6) is 2.63. The van der Waals surface area contributed by atoms with Crippen LogP contribution in [-0.4, -0.2) is 17.3 Å². The Bertz CT molecular complexity index is 366. The van der Waals surface area contributed by atoms with Crippen molar-refractivity contribution in [3.8, 4) is 12.3 Å². The quantitative estimate of drug-likeness (QED) is 0.785. The zero-order chi connectivity index (χ0) is 11.4. The SMILES string of the molecule is C#C[C@@H](O[C@H]1CCC[C@H]1O)c1ccccc1. The van der Waals surface area contributed by atoms with Gasteiger partial charge in [0.1, 0.15) is 6.10 Å². The molecular formula is C14H16O2. The Hall–Kier alpha value is -1.30. The van der Waals surface area contributed by atoms with Gasteiger partial charge in [-0.15, -0.1) is 6.42 Å². The van der Waals surface area contributed by atoms with Crippen LogP contribution in [0.15, 0.2) is 30.3 Å². The van der Waals surface area contributed by atoms with E-state index in [0.29, 0.717) is 0 Å². The van der Waals surface area contributed by atoms with E-state index >= 15 is 0 Å². The molecule has 1 aliphatic rings. The minimum Gasteiger partial charge on any atom is -0.390 e. The Morgan fingerprint density at radius 3 is 2.62 bits per heavy atom. The lowest BCUT2D eigenvalue weighted by atomic mass is 10.1. The fourth-order valence-electron chi connectivity index (χ4n) is 2.08. The molecular weight excluding hydrogens is 200 g/mol. The minimum atomic E-state index is -0.362. The molecule has 84 valence electrons. The molecule has 0 amide bonds. The fraction of sp³-hybridized carbons (Fsp3) is 0.429. The van der Waals surface area contributed by atoms with E-state index in [4.69, 9.17) is 11.2 Å². The van der Waals surface area contributed by atoms with Crippen LogP contribution in [0.1, 0.15) is 30.9 Å². The number of aliphatic hydroxyl groups excluding tert-OH is 1. The molecule has 1 aromatic rings. The molecule has 1 fully saturated rings. The highest BCUT2D eigenvalue weighted by molar-refractivity contribution is 5.23. The summed E-state index contributed by atoms with van der Waals surface area (Å²) in [6.45, 7) is 0. The van der Waals surface area contributed by atoms with Gasteiger partial charge in [-0.05, 0) is 24.8 Å². The number of benzene rings is 1. The lowest BCUT2D eigenvalue weighted by molar-refractivity contribution is -0.0424. The maximum absolute atomic E-state index is 9.69. The second kappa shape index (κ2) is 5.16. The van der Waals surface area contributed by atoms with Crippen LogP contribution in [0.2, 0.25) is 0 Å². The van der Waals surface area contributed by atoms with Crippen molar-refractivity contribution in [2.75, 3.05) is 0 Å². The first-order chi connectivity index (χ1) is 7.81. The minimum absolute atomic E-state index is 0.110. The van der Waals surface area contributed by atoms with Crippen LogP contribution in [0.4, 0.5) is 0 Å². The Morgan fingerprint density at radius 2 is 2.06 bits per heavy atom. The zero-order valence-corrected chi connectivity index (χ0v) is 9.17.